The van der Waals surface area contributed by atoms with E-state index >= 15 is 0 Å². The molecule has 192 valence electrons. The summed E-state index contributed by atoms with van der Waals surface area (Å²) in [6.45, 7) is 0. The monoisotopic (exact) mass is 843 g/mol. The van der Waals surface area contributed by atoms with E-state index in [2.05, 4.69) is 67.8 Å². The largest absolute Gasteiger partial charge is 0.744 e. The molecule has 0 amide bonds. The van der Waals surface area contributed by atoms with Crippen LogP contribution in [0.15, 0.2) is 29.2 Å². The van der Waals surface area contributed by atoms with E-state index in [0.717, 1.165) is 49.2 Å². The summed E-state index contributed by atoms with van der Waals surface area (Å²) in [5.41, 5.74) is 1.70. The van der Waals surface area contributed by atoms with Gasteiger partial charge in [-0.2, -0.15) is 0 Å². The molecule has 0 heterocycles. The third-order valence-corrected chi connectivity index (χ3v) is 13.7. The number of ether oxygens (including phenoxy) is 1. The molecule has 2 aromatic carbocycles. The van der Waals surface area contributed by atoms with Gasteiger partial charge in [-0.1, -0.05) is 12.8 Å². The smallest absolute Gasteiger partial charge is 0.344 e. The number of carbonyl (C=O) groups excluding carboxylic acids is 1. The molecule has 0 radical (unpaired) electrons. The predicted molar refractivity (Wildman–Crippen MR) is 160 cm³/mol. The highest BCUT2D eigenvalue weighted by atomic mass is 127. The fourth-order valence-electron chi connectivity index (χ4n) is 7.66. The number of rotatable bonds is 5. The van der Waals surface area contributed by atoms with Crippen LogP contribution in [0.5, 0.6) is 5.75 Å². The molecule has 0 aliphatic heterocycles. The number of fused-ring (bicyclic) bond motifs is 4. The van der Waals surface area contributed by atoms with Crippen molar-refractivity contribution in [2.45, 2.75) is 68.1 Å². The van der Waals surface area contributed by atoms with Crippen LogP contribution in [0.25, 0.3) is 0 Å². The quantitative estimate of drug-likeness (QED) is 0.103. The molecule has 0 N–H and O–H groups in total. The Bertz CT molecular complexity index is 1310. The Balaban J connectivity index is 1.47. The van der Waals surface area contributed by atoms with E-state index in [0.29, 0.717) is 46.1 Å². The SMILES string of the molecule is O=C(Oc1cc(C2CC3CCC2C3)c(S(=O)(=O)[O-])c(C2CC3CCC2C3)c1)c1cc(I)cc(I)c1I. The molecular weight excluding hydrogens is 817 g/mol. The number of halogens is 3. The van der Waals surface area contributed by atoms with Crippen LogP contribution in [-0.2, 0) is 10.1 Å². The van der Waals surface area contributed by atoms with Crippen molar-refractivity contribution < 1.29 is 22.5 Å². The van der Waals surface area contributed by atoms with Crippen LogP contribution in [0.2, 0.25) is 0 Å². The van der Waals surface area contributed by atoms with E-state index < -0.39 is 16.1 Å². The van der Waals surface area contributed by atoms with E-state index in [-0.39, 0.29) is 16.7 Å². The van der Waals surface area contributed by atoms with E-state index in [4.69, 9.17) is 4.74 Å². The van der Waals surface area contributed by atoms with Crippen molar-refractivity contribution in [3.8, 4) is 5.75 Å². The van der Waals surface area contributed by atoms with Gasteiger partial charge in [0, 0.05) is 10.7 Å². The van der Waals surface area contributed by atoms with Gasteiger partial charge < -0.3 is 9.29 Å². The maximum atomic E-state index is 13.3. The van der Waals surface area contributed by atoms with Gasteiger partial charge in [-0.05, 0) is 177 Å². The van der Waals surface area contributed by atoms with Crippen LogP contribution in [0, 0.1) is 34.4 Å². The van der Waals surface area contributed by atoms with Gasteiger partial charge in [0.05, 0.1) is 10.5 Å². The number of carbonyl (C=O) groups is 1. The predicted octanol–water partition coefficient (Wildman–Crippen LogP) is 7.43. The second-order valence-corrected chi connectivity index (χ2v) is 15.9. The minimum Gasteiger partial charge on any atom is -0.744 e. The Morgan fingerprint density at radius 3 is 1.83 bits per heavy atom. The zero-order valence-electron chi connectivity index (χ0n) is 19.5. The zero-order chi connectivity index (χ0) is 25.4. The van der Waals surface area contributed by atoms with Crippen molar-refractivity contribution in [1.29, 1.82) is 0 Å². The molecule has 0 aromatic heterocycles. The Hall–Kier alpha value is 0.0100. The van der Waals surface area contributed by atoms with Crippen molar-refractivity contribution >= 4 is 83.9 Å². The van der Waals surface area contributed by atoms with Crippen LogP contribution >= 0.6 is 67.8 Å². The third-order valence-electron chi connectivity index (χ3n) is 9.07. The molecule has 0 spiro atoms. The minimum atomic E-state index is -4.68. The number of hydrogen-bond acceptors (Lipinski definition) is 5. The molecule has 4 bridgehead atoms. The van der Waals surface area contributed by atoms with Gasteiger partial charge >= 0.3 is 5.97 Å². The second-order valence-electron chi connectivity index (χ2n) is 11.1. The average Bonchev–Trinajstić information content (AvgIpc) is 3.62. The standard InChI is InChI=1S/C27H27I3O5S/c28-17-9-23(25(30)24(29)10-17)27(31)35-18-11-21(19-7-13-1-3-15(19)5-13)26(36(32,33)34)22(12-18)20-8-14-2-4-16(20)6-14/h9-16,19-20H,1-8H2,(H,32,33,34)/p-1. The summed E-state index contributed by atoms with van der Waals surface area (Å²) in [7, 11) is -4.68. The first-order chi connectivity index (χ1) is 17.1. The van der Waals surface area contributed by atoms with Crippen LogP contribution in [-0.4, -0.2) is 18.9 Å². The molecule has 6 unspecified atom stereocenters. The van der Waals surface area contributed by atoms with Crippen molar-refractivity contribution in [2.75, 3.05) is 0 Å². The summed E-state index contributed by atoms with van der Waals surface area (Å²) in [5.74, 6) is 1.97. The first-order valence-corrected chi connectivity index (χ1v) is 17.2. The molecule has 9 heteroatoms. The highest BCUT2D eigenvalue weighted by Crippen LogP contribution is 2.58. The first kappa shape index (κ1) is 26.2. The number of hydrogen-bond donors (Lipinski definition) is 0. The van der Waals surface area contributed by atoms with E-state index in [1.54, 1.807) is 12.1 Å². The lowest BCUT2D eigenvalue weighted by Crippen LogP contribution is -2.20. The lowest BCUT2D eigenvalue weighted by Gasteiger charge is -2.31. The lowest BCUT2D eigenvalue weighted by molar-refractivity contribution is 0.0733. The molecule has 4 saturated carbocycles. The fraction of sp³-hybridized carbons (Fsp3) is 0.519. The van der Waals surface area contributed by atoms with Gasteiger partial charge in [-0.3, -0.25) is 0 Å². The molecule has 4 aliphatic carbocycles. The zero-order valence-corrected chi connectivity index (χ0v) is 26.8. The van der Waals surface area contributed by atoms with Crippen LogP contribution < -0.4 is 4.74 Å². The van der Waals surface area contributed by atoms with E-state index in [1.165, 1.54) is 12.8 Å². The molecule has 5 nitrogen and oxygen atoms in total. The van der Waals surface area contributed by atoms with Crippen LogP contribution in [0.3, 0.4) is 0 Å². The van der Waals surface area contributed by atoms with E-state index in [9.17, 15) is 17.8 Å². The highest BCUT2D eigenvalue weighted by Gasteiger charge is 2.45. The number of benzene rings is 2. The summed E-state index contributed by atoms with van der Waals surface area (Å²) in [5, 5.41) is 0. The molecule has 36 heavy (non-hydrogen) atoms. The molecule has 4 aliphatic rings. The van der Waals surface area contributed by atoms with Gasteiger partial charge in [0.15, 0.2) is 0 Å². The van der Waals surface area contributed by atoms with Gasteiger partial charge in [-0.15, -0.1) is 0 Å². The van der Waals surface area contributed by atoms with Gasteiger partial charge in [-0.25, -0.2) is 13.2 Å². The fourth-order valence-corrected chi connectivity index (χ4v) is 11.0. The van der Waals surface area contributed by atoms with E-state index in [1.807, 2.05) is 12.1 Å². The topological polar surface area (TPSA) is 83.5 Å². The lowest BCUT2D eigenvalue weighted by atomic mass is 9.79. The second kappa shape index (κ2) is 9.88. The summed E-state index contributed by atoms with van der Waals surface area (Å²) in [6.07, 6.45) is 8.50. The normalized spacial score (nSPS) is 30.8. The summed E-state index contributed by atoms with van der Waals surface area (Å²) >= 11 is 6.57. The summed E-state index contributed by atoms with van der Waals surface area (Å²) < 4.78 is 47.2. The van der Waals surface area contributed by atoms with Gasteiger partial charge in [0.2, 0.25) is 0 Å². The van der Waals surface area contributed by atoms with Crippen LogP contribution in [0.4, 0.5) is 0 Å². The maximum Gasteiger partial charge on any atom is 0.344 e. The van der Waals surface area contributed by atoms with Gasteiger partial charge in [0.25, 0.3) is 0 Å². The maximum absolute atomic E-state index is 13.3. The molecular formula is C27H26I3O5S-. The first-order valence-electron chi connectivity index (χ1n) is 12.6. The Kier molecular flexibility index (Phi) is 7.21. The summed E-state index contributed by atoms with van der Waals surface area (Å²) in [4.78, 5) is 13.3. The van der Waals surface area contributed by atoms with Crippen molar-refractivity contribution in [3.63, 3.8) is 0 Å². The average molecular weight is 843 g/mol. The number of esters is 1. The van der Waals surface area contributed by atoms with Crippen molar-refractivity contribution in [2.24, 2.45) is 23.7 Å². The molecule has 4 fully saturated rings. The van der Waals surface area contributed by atoms with Gasteiger partial charge in [0.1, 0.15) is 15.9 Å². The molecule has 6 rings (SSSR count). The van der Waals surface area contributed by atoms with Crippen molar-refractivity contribution in [1.82, 2.24) is 0 Å². The Morgan fingerprint density at radius 1 is 0.833 bits per heavy atom. The van der Waals surface area contributed by atoms with Crippen molar-refractivity contribution in [3.05, 3.63) is 51.7 Å². The molecule has 6 atom stereocenters. The summed E-state index contributed by atoms with van der Waals surface area (Å²) in [6, 6.07) is 7.23. The molecule has 0 saturated heterocycles. The third kappa shape index (κ3) is 4.78. The Morgan fingerprint density at radius 2 is 1.39 bits per heavy atom. The minimum absolute atomic E-state index is 0.00390. The van der Waals surface area contributed by atoms with Crippen LogP contribution in [0.1, 0.15) is 84.7 Å². The molecule has 2 aromatic rings. The highest BCUT2D eigenvalue weighted by molar-refractivity contribution is 14.1. The Labute approximate surface area is 253 Å².